The number of aryl methyl sites for hydroxylation is 1. The summed E-state index contributed by atoms with van der Waals surface area (Å²) in [7, 11) is 0. The van der Waals surface area contributed by atoms with E-state index in [0.29, 0.717) is 5.16 Å². The van der Waals surface area contributed by atoms with Gasteiger partial charge in [-0.05, 0) is 36.7 Å². The van der Waals surface area contributed by atoms with Crippen LogP contribution >= 0.6 is 11.8 Å². The van der Waals surface area contributed by atoms with E-state index in [2.05, 4.69) is 10.2 Å². The van der Waals surface area contributed by atoms with Crippen molar-refractivity contribution in [2.75, 3.05) is 5.73 Å². The summed E-state index contributed by atoms with van der Waals surface area (Å²) in [6, 6.07) is 2.39. The van der Waals surface area contributed by atoms with Gasteiger partial charge >= 0.3 is 0 Å². The van der Waals surface area contributed by atoms with Gasteiger partial charge in [-0.15, -0.1) is 10.2 Å². The van der Waals surface area contributed by atoms with Crippen LogP contribution in [0.2, 0.25) is 0 Å². The maximum absolute atomic E-state index is 13.8. The van der Waals surface area contributed by atoms with Crippen molar-refractivity contribution in [1.29, 1.82) is 0 Å². The van der Waals surface area contributed by atoms with E-state index in [1.807, 2.05) is 4.57 Å². The van der Waals surface area contributed by atoms with E-state index < -0.39 is 11.6 Å². The van der Waals surface area contributed by atoms with Gasteiger partial charge in [0.15, 0.2) is 16.8 Å². The molecule has 0 unspecified atom stereocenters. The van der Waals surface area contributed by atoms with E-state index in [9.17, 15) is 8.78 Å². The molecule has 7 heteroatoms. The van der Waals surface area contributed by atoms with E-state index in [1.165, 1.54) is 6.07 Å². The number of halogens is 2. The van der Waals surface area contributed by atoms with Gasteiger partial charge < -0.3 is 10.3 Å². The second-order valence-corrected chi connectivity index (χ2v) is 5.72. The van der Waals surface area contributed by atoms with Gasteiger partial charge in [0.05, 0.1) is 4.90 Å². The highest BCUT2D eigenvalue weighted by molar-refractivity contribution is 7.99. The summed E-state index contributed by atoms with van der Waals surface area (Å²) in [5.74, 6) is -0.932. The van der Waals surface area contributed by atoms with Crippen LogP contribution in [0.5, 0.6) is 0 Å². The van der Waals surface area contributed by atoms with Crippen LogP contribution in [0.25, 0.3) is 0 Å². The van der Waals surface area contributed by atoms with E-state index in [0.717, 1.165) is 55.9 Å². The Morgan fingerprint density at radius 2 is 2.00 bits per heavy atom. The molecule has 0 saturated heterocycles. The summed E-state index contributed by atoms with van der Waals surface area (Å²) in [4.78, 5) is 0.0736. The number of nitrogens with two attached hydrogens (primary N) is 1. The fourth-order valence-corrected chi connectivity index (χ4v) is 3.22. The van der Waals surface area contributed by atoms with Crippen LogP contribution in [0.3, 0.4) is 0 Å². The molecule has 1 aliphatic rings. The number of nitrogen functional groups attached to an aromatic ring is 1. The predicted octanol–water partition coefficient (Wildman–Crippen LogP) is 3.02. The zero-order chi connectivity index (χ0) is 14.1. The van der Waals surface area contributed by atoms with Crippen molar-refractivity contribution >= 4 is 17.4 Å². The first-order chi connectivity index (χ1) is 9.66. The first kappa shape index (κ1) is 13.4. The zero-order valence-corrected chi connectivity index (χ0v) is 11.6. The number of anilines is 1. The van der Waals surface area contributed by atoms with Crippen molar-refractivity contribution in [2.24, 2.45) is 0 Å². The molecule has 0 fully saturated rings. The van der Waals surface area contributed by atoms with Crippen LogP contribution in [-0.2, 0) is 13.0 Å². The largest absolute Gasteiger partial charge is 0.398 e. The molecule has 1 aliphatic heterocycles. The van der Waals surface area contributed by atoms with Crippen molar-refractivity contribution in [3.8, 4) is 0 Å². The van der Waals surface area contributed by atoms with Gasteiger partial charge in [0.1, 0.15) is 5.82 Å². The maximum atomic E-state index is 13.8. The Morgan fingerprint density at radius 3 is 2.85 bits per heavy atom. The monoisotopic (exact) mass is 296 g/mol. The van der Waals surface area contributed by atoms with Crippen molar-refractivity contribution in [3.63, 3.8) is 0 Å². The molecule has 0 bridgehead atoms. The average molecular weight is 296 g/mol. The predicted molar refractivity (Wildman–Crippen MR) is 72.5 cm³/mol. The molecule has 4 nitrogen and oxygen atoms in total. The lowest BCUT2D eigenvalue weighted by Crippen LogP contribution is -2.03. The lowest BCUT2D eigenvalue weighted by atomic mass is 10.2. The van der Waals surface area contributed by atoms with Gasteiger partial charge in [-0.3, -0.25) is 0 Å². The third-order valence-corrected chi connectivity index (χ3v) is 4.45. The van der Waals surface area contributed by atoms with Gasteiger partial charge in [0.25, 0.3) is 0 Å². The molecule has 2 N–H and O–H groups in total. The number of aromatic nitrogens is 3. The Balaban J connectivity index is 1.96. The number of rotatable bonds is 2. The Kier molecular flexibility index (Phi) is 3.60. The standard InChI is InChI=1S/C13H14F2N4S/c14-8-5-6-9(16)12(11(8)15)20-13-18-17-10-4-2-1-3-7-19(10)13/h5-6H,1-4,7,16H2. The van der Waals surface area contributed by atoms with Crippen molar-refractivity contribution in [1.82, 2.24) is 14.8 Å². The second kappa shape index (κ2) is 5.40. The van der Waals surface area contributed by atoms with E-state index in [-0.39, 0.29) is 10.6 Å². The number of nitrogens with zero attached hydrogens (tertiary/aromatic N) is 3. The number of benzene rings is 1. The summed E-state index contributed by atoms with van der Waals surface area (Å²) in [6.07, 6.45) is 4.14. The molecule has 0 aliphatic carbocycles. The number of hydrogen-bond donors (Lipinski definition) is 1. The highest BCUT2D eigenvalue weighted by atomic mass is 32.2. The lowest BCUT2D eigenvalue weighted by molar-refractivity contribution is 0.492. The fraction of sp³-hybridized carbons (Fsp3) is 0.385. The number of hydrogen-bond acceptors (Lipinski definition) is 4. The number of fused-ring (bicyclic) bond motifs is 1. The molecule has 0 amide bonds. The molecule has 20 heavy (non-hydrogen) atoms. The first-order valence-electron chi connectivity index (χ1n) is 6.50. The van der Waals surface area contributed by atoms with Gasteiger partial charge in [-0.2, -0.15) is 0 Å². The lowest BCUT2D eigenvalue weighted by Gasteiger charge is -2.09. The van der Waals surface area contributed by atoms with Crippen molar-refractivity contribution < 1.29 is 8.78 Å². The van der Waals surface area contributed by atoms with Crippen LogP contribution in [0, 0.1) is 11.6 Å². The molecular weight excluding hydrogens is 282 g/mol. The SMILES string of the molecule is Nc1ccc(F)c(F)c1Sc1nnc2n1CCCCC2. The maximum Gasteiger partial charge on any atom is 0.196 e. The minimum Gasteiger partial charge on any atom is -0.398 e. The van der Waals surface area contributed by atoms with Crippen LogP contribution in [0.15, 0.2) is 22.2 Å². The van der Waals surface area contributed by atoms with Crippen LogP contribution in [-0.4, -0.2) is 14.8 Å². The third kappa shape index (κ3) is 2.37. The van der Waals surface area contributed by atoms with Crippen LogP contribution in [0.4, 0.5) is 14.5 Å². The summed E-state index contributed by atoms with van der Waals surface area (Å²) in [5.41, 5.74) is 5.94. The van der Waals surface area contributed by atoms with Gasteiger partial charge in [-0.1, -0.05) is 6.42 Å². The van der Waals surface area contributed by atoms with E-state index in [4.69, 9.17) is 5.73 Å². The fourth-order valence-electron chi connectivity index (χ4n) is 2.28. The van der Waals surface area contributed by atoms with E-state index in [1.54, 1.807) is 0 Å². The Morgan fingerprint density at radius 1 is 1.15 bits per heavy atom. The summed E-state index contributed by atoms with van der Waals surface area (Å²) in [5, 5.41) is 8.78. The van der Waals surface area contributed by atoms with Crippen LogP contribution < -0.4 is 5.73 Å². The molecule has 3 rings (SSSR count). The Labute approximate surface area is 119 Å². The van der Waals surface area contributed by atoms with Crippen molar-refractivity contribution in [2.45, 2.75) is 42.3 Å². The van der Waals surface area contributed by atoms with Gasteiger partial charge in [-0.25, -0.2) is 8.78 Å². The van der Waals surface area contributed by atoms with Gasteiger partial charge in [0, 0.05) is 18.7 Å². The highest BCUT2D eigenvalue weighted by Gasteiger charge is 2.19. The molecule has 1 aromatic carbocycles. The average Bonchev–Trinajstić information content (AvgIpc) is 2.67. The molecule has 0 radical (unpaired) electrons. The minimum absolute atomic E-state index is 0.0736. The first-order valence-corrected chi connectivity index (χ1v) is 7.32. The summed E-state index contributed by atoms with van der Waals surface area (Å²) >= 11 is 1.03. The molecule has 0 spiro atoms. The second-order valence-electron chi connectivity index (χ2n) is 4.74. The molecule has 2 heterocycles. The molecule has 0 atom stereocenters. The molecule has 106 valence electrons. The smallest absolute Gasteiger partial charge is 0.196 e. The minimum atomic E-state index is -0.930. The molecular formula is C13H14F2N4S. The van der Waals surface area contributed by atoms with Crippen molar-refractivity contribution in [3.05, 3.63) is 29.6 Å². The zero-order valence-electron chi connectivity index (χ0n) is 10.8. The molecule has 1 aromatic heterocycles. The quantitative estimate of drug-likeness (QED) is 0.866. The normalized spacial score (nSPS) is 14.9. The Hall–Kier alpha value is -1.63. The summed E-state index contributed by atoms with van der Waals surface area (Å²) in [6.45, 7) is 0.807. The van der Waals surface area contributed by atoms with Gasteiger partial charge in [0.2, 0.25) is 0 Å². The van der Waals surface area contributed by atoms with E-state index >= 15 is 0 Å². The topological polar surface area (TPSA) is 56.7 Å². The Bertz CT molecular complexity index is 642. The molecule has 2 aromatic rings. The van der Waals surface area contributed by atoms with Crippen LogP contribution in [0.1, 0.15) is 25.1 Å². The highest BCUT2D eigenvalue weighted by Crippen LogP contribution is 2.35. The third-order valence-electron chi connectivity index (χ3n) is 3.35. The molecule has 0 saturated carbocycles. The summed E-state index contributed by atoms with van der Waals surface area (Å²) < 4.78 is 29.1.